The number of carbonyl (C=O) groups is 1. The van der Waals surface area contributed by atoms with Crippen LogP contribution >= 0.6 is 11.6 Å². The normalized spacial score (nSPS) is 17.3. The number of anilines is 1. The third-order valence-electron chi connectivity index (χ3n) is 4.03. The molecule has 1 aliphatic rings. The van der Waals surface area contributed by atoms with Gasteiger partial charge in [0.25, 0.3) is 0 Å². The van der Waals surface area contributed by atoms with Gasteiger partial charge in [0.2, 0.25) is 5.91 Å². The Kier molecular flexibility index (Phi) is 5.41. The first-order valence-electron chi connectivity index (χ1n) is 7.90. The highest BCUT2D eigenvalue weighted by Crippen LogP contribution is 2.14. The summed E-state index contributed by atoms with van der Waals surface area (Å²) in [4.78, 5) is 14.1. The Morgan fingerprint density at radius 3 is 2.52 bits per heavy atom. The smallest absolute Gasteiger partial charge is 0.239 e. The van der Waals surface area contributed by atoms with Gasteiger partial charge in [0.15, 0.2) is 9.84 Å². The van der Waals surface area contributed by atoms with Gasteiger partial charge in [0, 0.05) is 24.2 Å². The fourth-order valence-electron chi connectivity index (χ4n) is 2.62. The standard InChI is InChI=1S/C16H19ClN4O3S/c17-14-3-1-13(2-4-14)11-21-15(5-6-18-21)19-16(22)12-20-7-9-25(23,24)10-8-20/h1-6H,7-12H2,(H,19,22). The molecule has 0 bridgehead atoms. The van der Waals surface area contributed by atoms with Crippen molar-refractivity contribution in [2.75, 3.05) is 36.5 Å². The highest BCUT2D eigenvalue weighted by atomic mass is 35.5. The second-order valence-electron chi connectivity index (χ2n) is 5.98. The van der Waals surface area contributed by atoms with Crippen LogP contribution in [0.15, 0.2) is 36.5 Å². The molecule has 0 spiro atoms. The number of carbonyl (C=O) groups excluding carboxylic acids is 1. The van der Waals surface area contributed by atoms with Gasteiger partial charge in [0.1, 0.15) is 5.82 Å². The zero-order valence-corrected chi connectivity index (χ0v) is 15.1. The molecule has 7 nitrogen and oxygen atoms in total. The Morgan fingerprint density at radius 1 is 1.16 bits per heavy atom. The van der Waals surface area contributed by atoms with Crippen molar-refractivity contribution >= 4 is 33.2 Å². The van der Waals surface area contributed by atoms with Gasteiger partial charge in [0.05, 0.1) is 30.8 Å². The van der Waals surface area contributed by atoms with Gasteiger partial charge in [-0.1, -0.05) is 23.7 Å². The zero-order valence-electron chi connectivity index (χ0n) is 13.6. The Labute approximate surface area is 151 Å². The Bertz CT molecular complexity index is 835. The highest BCUT2D eigenvalue weighted by Gasteiger charge is 2.23. The van der Waals surface area contributed by atoms with Crippen molar-refractivity contribution in [2.24, 2.45) is 0 Å². The van der Waals surface area contributed by atoms with Gasteiger partial charge >= 0.3 is 0 Å². The summed E-state index contributed by atoms with van der Waals surface area (Å²) in [5.41, 5.74) is 1.02. The van der Waals surface area contributed by atoms with Crippen LogP contribution in [0.5, 0.6) is 0 Å². The quantitative estimate of drug-likeness (QED) is 0.841. The molecule has 1 fully saturated rings. The maximum Gasteiger partial charge on any atom is 0.239 e. The lowest BCUT2D eigenvalue weighted by Gasteiger charge is -2.25. The van der Waals surface area contributed by atoms with E-state index in [1.165, 1.54) is 0 Å². The van der Waals surface area contributed by atoms with Gasteiger partial charge in [-0.25, -0.2) is 13.1 Å². The number of sulfone groups is 1. The largest absolute Gasteiger partial charge is 0.310 e. The van der Waals surface area contributed by atoms with Crippen molar-refractivity contribution in [2.45, 2.75) is 6.54 Å². The van der Waals surface area contributed by atoms with Crippen molar-refractivity contribution in [1.29, 1.82) is 0 Å². The second kappa shape index (κ2) is 7.55. The van der Waals surface area contributed by atoms with Gasteiger partial charge in [-0.2, -0.15) is 5.10 Å². The summed E-state index contributed by atoms with van der Waals surface area (Å²) in [5, 5.41) is 7.73. The van der Waals surface area contributed by atoms with Crippen molar-refractivity contribution < 1.29 is 13.2 Å². The highest BCUT2D eigenvalue weighted by molar-refractivity contribution is 7.91. The number of halogens is 1. The number of benzene rings is 1. The SMILES string of the molecule is O=C(CN1CCS(=O)(=O)CC1)Nc1ccnn1Cc1ccc(Cl)cc1. The molecule has 0 saturated carbocycles. The second-order valence-corrected chi connectivity index (χ2v) is 8.72. The summed E-state index contributed by atoms with van der Waals surface area (Å²) < 4.78 is 24.6. The Balaban J connectivity index is 1.57. The molecule has 3 rings (SSSR count). The van der Waals surface area contributed by atoms with E-state index in [1.807, 2.05) is 29.2 Å². The van der Waals surface area contributed by atoms with Gasteiger partial charge in [-0.15, -0.1) is 0 Å². The van der Waals surface area contributed by atoms with E-state index in [4.69, 9.17) is 11.6 Å². The van der Waals surface area contributed by atoms with Crippen LogP contribution in [0.25, 0.3) is 0 Å². The minimum Gasteiger partial charge on any atom is -0.310 e. The minimum absolute atomic E-state index is 0.106. The predicted molar refractivity (Wildman–Crippen MR) is 96.5 cm³/mol. The molecule has 1 saturated heterocycles. The van der Waals surface area contributed by atoms with E-state index in [0.29, 0.717) is 30.5 Å². The molecule has 9 heteroatoms. The van der Waals surface area contributed by atoms with Crippen LogP contribution in [-0.2, 0) is 21.2 Å². The number of hydrogen-bond acceptors (Lipinski definition) is 5. The molecule has 1 aliphatic heterocycles. The summed E-state index contributed by atoms with van der Waals surface area (Å²) in [6, 6.07) is 9.16. The van der Waals surface area contributed by atoms with Crippen molar-refractivity contribution in [3.63, 3.8) is 0 Å². The molecule has 2 heterocycles. The average Bonchev–Trinajstić information content (AvgIpc) is 2.98. The van der Waals surface area contributed by atoms with Crippen molar-refractivity contribution in [3.05, 3.63) is 47.1 Å². The summed E-state index contributed by atoms with van der Waals surface area (Å²) in [5.74, 6) is 0.630. The van der Waals surface area contributed by atoms with Crippen molar-refractivity contribution in [1.82, 2.24) is 14.7 Å². The van der Waals surface area contributed by atoms with Crippen LogP contribution in [0.2, 0.25) is 5.02 Å². The molecule has 1 amide bonds. The molecule has 1 aromatic heterocycles. The topological polar surface area (TPSA) is 84.3 Å². The molecular formula is C16H19ClN4O3S. The molecule has 1 N–H and O–H groups in total. The van der Waals surface area contributed by atoms with Gasteiger partial charge in [-0.3, -0.25) is 9.69 Å². The number of rotatable bonds is 5. The van der Waals surface area contributed by atoms with Crippen LogP contribution in [0, 0.1) is 0 Å². The van der Waals surface area contributed by atoms with E-state index in [1.54, 1.807) is 16.9 Å². The maximum absolute atomic E-state index is 12.2. The number of nitrogens with zero attached hydrogens (tertiary/aromatic N) is 3. The van der Waals surface area contributed by atoms with Gasteiger partial charge < -0.3 is 5.32 Å². The molecule has 134 valence electrons. The van der Waals surface area contributed by atoms with Crippen LogP contribution in [0.4, 0.5) is 5.82 Å². The van der Waals surface area contributed by atoms with Crippen LogP contribution in [0.1, 0.15) is 5.56 Å². The average molecular weight is 383 g/mol. The summed E-state index contributed by atoms with van der Waals surface area (Å²) in [7, 11) is -2.94. The predicted octanol–water partition coefficient (Wildman–Crippen LogP) is 1.25. The molecule has 0 radical (unpaired) electrons. The Hall–Kier alpha value is -1.90. The molecule has 0 unspecified atom stereocenters. The van der Waals surface area contributed by atoms with E-state index < -0.39 is 9.84 Å². The molecule has 0 aliphatic carbocycles. The lowest BCUT2D eigenvalue weighted by atomic mass is 10.2. The zero-order chi connectivity index (χ0) is 17.9. The number of hydrogen-bond donors (Lipinski definition) is 1. The lowest BCUT2D eigenvalue weighted by Crippen LogP contribution is -2.44. The van der Waals surface area contributed by atoms with Crippen LogP contribution in [-0.4, -0.2) is 60.1 Å². The minimum atomic E-state index is -2.94. The molecule has 1 aromatic carbocycles. The van der Waals surface area contributed by atoms with Crippen LogP contribution < -0.4 is 5.32 Å². The maximum atomic E-state index is 12.2. The molecule has 0 atom stereocenters. The first-order valence-corrected chi connectivity index (χ1v) is 10.1. The fourth-order valence-corrected chi connectivity index (χ4v) is 4.02. The molecule has 2 aromatic rings. The van der Waals surface area contributed by atoms with Crippen molar-refractivity contribution in [3.8, 4) is 0 Å². The van der Waals surface area contributed by atoms with Gasteiger partial charge in [-0.05, 0) is 17.7 Å². The number of aromatic nitrogens is 2. The first kappa shape index (κ1) is 17.9. The van der Waals surface area contributed by atoms with E-state index >= 15 is 0 Å². The van der Waals surface area contributed by atoms with E-state index in [-0.39, 0.29) is 24.0 Å². The molecular weight excluding hydrogens is 364 g/mol. The van der Waals surface area contributed by atoms with E-state index in [9.17, 15) is 13.2 Å². The number of amides is 1. The Morgan fingerprint density at radius 2 is 1.84 bits per heavy atom. The van der Waals surface area contributed by atoms with Crippen LogP contribution in [0.3, 0.4) is 0 Å². The number of nitrogens with one attached hydrogen (secondary N) is 1. The molecule has 25 heavy (non-hydrogen) atoms. The fraction of sp³-hybridized carbons (Fsp3) is 0.375. The van der Waals surface area contributed by atoms with E-state index in [2.05, 4.69) is 10.4 Å². The lowest BCUT2D eigenvalue weighted by molar-refractivity contribution is -0.117. The monoisotopic (exact) mass is 382 g/mol. The first-order chi connectivity index (χ1) is 11.9. The third kappa shape index (κ3) is 5.04. The summed E-state index contributed by atoms with van der Waals surface area (Å²) >= 11 is 5.88. The van der Waals surface area contributed by atoms with E-state index in [0.717, 1.165) is 5.56 Å². The summed E-state index contributed by atoms with van der Waals surface area (Å²) in [6.07, 6.45) is 1.62. The third-order valence-corrected chi connectivity index (χ3v) is 5.90. The summed E-state index contributed by atoms with van der Waals surface area (Å²) in [6.45, 7) is 1.46.